The Morgan fingerprint density at radius 3 is 1.44 bits per heavy atom. The van der Waals surface area contributed by atoms with E-state index in [9.17, 15) is 9.59 Å². The molecule has 2 saturated carbocycles. The molecule has 0 amide bonds. The molecule has 0 aromatic carbocycles. The van der Waals surface area contributed by atoms with E-state index in [2.05, 4.69) is 21.3 Å². The van der Waals surface area contributed by atoms with E-state index in [-0.39, 0.29) is 29.5 Å². The third-order valence-corrected chi connectivity index (χ3v) is 7.52. The van der Waals surface area contributed by atoms with Crippen LogP contribution in [-0.2, 0) is 39.6 Å². The number of nitrogens with one attached hydrogen (secondary N) is 4. The Hall–Kier alpha value is -1.26. The molecule has 2 fully saturated rings. The zero-order valence-electron chi connectivity index (χ0n) is 21.2. The van der Waals surface area contributed by atoms with Gasteiger partial charge in [-0.3, -0.25) is 4.98 Å². The average molecular weight is 564 g/mol. The number of methoxy groups -OCH3 is 2. The van der Waals surface area contributed by atoms with E-state index in [4.69, 9.17) is 14.5 Å². The van der Waals surface area contributed by atoms with Crippen molar-refractivity contribution in [2.24, 2.45) is 0 Å². The van der Waals surface area contributed by atoms with Gasteiger partial charge in [-0.25, -0.2) is 9.59 Å². The Morgan fingerprint density at radius 1 is 0.722 bits per heavy atom. The standard InChI is InChI=1S/C25H39N5O4.ClH.Mn/c1-33-24(31)16-13-17(25(32)34-2)23-15-29-21-10-6-4-8-19(21)27-12-11-26-18-7-3-5-9-20(18)28-14-22(16)30-23;;/h13,18-21,26-29H,3-12,14-15H2,1-2H3;1H;/q;;+2/p-1/t18-,19-,20-,21-;;/m1../s1. The van der Waals surface area contributed by atoms with Crippen molar-refractivity contribution < 1.29 is 48.5 Å². The first-order valence-electron chi connectivity index (χ1n) is 12.7. The number of aromatic nitrogens is 1. The molecule has 1 radical (unpaired) electrons. The number of rotatable bonds is 2. The molecule has 36 heavy (non-hydrogen) atoms. The number of ether oxygens (including phenoxy) is 2. The number of hydrogen-bond acceptors (Lipinski definition) is 9. The maximum atomic E-state index is 12.6. The largest absolute Gasteiger partial charge is 2.00 e. The van der Waals surface area contributed by atoms with Crippen LogP contribution in [0.1, 0.15) is 83.5 Å². The second-order valence-electron chi connectivity index (χ2n) is 9.62. The molecule has 11 heteroatoms. The van der Waals surface area contributed by atoms with E-state index in [0.717, 1.165) is 38.8 Å². The summed E-state index contributed by atoms with van der Waals surface area (Å²) in [4.78, 5) is 30.0. The van der Waals surface area contributed by atoms with Gasteiger partial charge in [0.05, 0.1) is 36.7 Å². The summed E-state index contributed by atoms with van der Waals surface area (Å²) in [6, 6.07) is 2.96. The van der Waals surface area contributed by atoms with Crippen LogP contribution in [0.25, 0.3) is 0 Å². The molecule has 3 aliphatic rings. The van der Waals surface area contributed by atoms with Gasteiger partial charge in [-0.15, -0.1) is 0 Å². The van der Waals surface area contributed by atoms with E-state index in [0.29, 0.717) is 59.8 Å². The smallest absolute Gasteiger partial charge is 1.00 e. The van der Waals surface area contributed by atoms with Crippen molar-refractivity contribution in [3.8, 4) is 0 Å². The molecule has 201 valence electrons. The fraction of sp³-hybridized carbons (Fsp3) is 0.720. The van der Waals surface area contributed by atoms with Gasteiger partial charge >= 0.3 is 29.0 Å². The number of pyridine rings is 1. The van der Waals surface area contributed by atoms with E-state index < -0.39 is 11.9 Å². The first-order valence-corrected chi connectivity index (χ1v) is 12.7. The number of hydrogen-bond donors (Lipinski definition) is 4. The van der Waals surface area contributed by atoms with Gasteiger partial charge in [0.25, 0.3) is 0 Å². The van der Waals surface area contributed by atoms with Gasteiger partial charge in [0.1, 0.15) is 0 Å². The van der Waals surface area contributed by atoms with Crippen LogP contribution < -0.4 is 33.7 Å². The predicted molar refractivity (Wildman–Crippen MR) is 129 cm³/mol. The van der Waals surface area contributed by atoms with E-state index in [1.165, 1.54) is 39.9 Å². The van der Waals surface area contributed by atoms with Crippen LogP contribution in [0.4, 0.5) is 0 Å². The summed E-state index contributed by atoms with van der Waals surface area (Å²) in [5, 5.41) is 14.8. The summed E-state index contributed by atoms with van der Waals surface area (Å²) in [6.07, 6.45) is 9.25. The molecule has 0 saturated heterocycles. The molecular formula is C25H39ClMnN5O4+. The van der Waals surface area contributed by atoms with Gasteiger partial charge in [-0.05, 0) is 31.7 Å². The molecule has 4 atom stereocenters. The van der Waals surface area contributed by atoms with Crippen LogP contribution in [0.2, 0.25) is 0 Å². The van der Waals surface area contributed by atoms with E-state index in [1.807, 2.05) is 0 Å². The van der Waals surface area contributed by atoms with Gasteiger partial charge in [0, 0.05) is 50.3 Å². The van der Waals surface area contributed by atoms with Crippen molar-refractivity contribution in [2.75, 3.05) is 27.3 Å². The van der Waals surface area contributed by atoms with Gasteiger partial charge in [-0.2, -0.15) is 0 Å². The Balaban J connectivity index is 0.00000228. The molecular weight excluding hydrogens is 525 g/mol. The summed E-state index contributed by atoms with van der Waals surface area (Å²) in [5.41, 5.74) is 1.82. The van der Waals surface area contributed by atoms with Gasteiger partial charge in [0.2, 0.25) is 0 Å². The molecule has 2 aliphatic carbocycles. The minimum atomic E-state index is -0.498. The van der Waals surface area contributed by atoms with Crippen molar-refractivity contribution in [3.63, 3.8) is 0 Å². The Morgan fingerprint density at radius 2 is 1.08 bits per heavy atom. The topological polar surface area (TPSA) is 114 Å². The number of esters is 2. The Bertz CT molecular complexity index is 812. The summed E-state index contributed by atoms with van der Waals surface area (Å²) >= 11 is 0. The molecule has 4 rings (SSSR count). The molecule has 9 nitrogen and oxygen atoms in total. The maximum absolute atomic E-state index is 12.6. The number of nitrogens with zero attached hydrogens (tertiary/aromatic N) is 1. The van der Waals surface area contributed by atoms with Gasteiger partial charge < -0.3 is 43.1 Å². The summed E-state index contributed by atoms with van der Waals surface area (Å²) < 4.78 is 10.0. The zero-order chi connectivity index (χ0) is 23.9. The fourth-order valence-corrected chi connectivity index (χ4v) is 5.65. The summed E-state index contributed by atoms with van der Waals surface area (Å²) in [6.45, 7) is 2.73. The number of halogens is 1. The zero-order valence-corrected chi connectivity index (χ0v) is 23.1. The van der Waals surface area contributed by atoms with Crippen LogP contribution in [0, 0.1) is 0 Å². The van der Waals surface area contributed by atoms with Crippen LogP contribution in [0.5, 0.6) is 0 Å². The summed E-state index contributed by atoms with van der Waals surface area (Å²) in [7, 11) is 2.69. The van der Waals surface area contributed by atoms with Crippen molar-refractivity contribution in [3.05, 3.63) is 28.6 Å². The third kappa shape index (κ3) is 7.63. The third-order valence-electron chi connectivity index (χ3n) is 7.52. The van der Waals surface area contributed by atoms with Crippen molar-refractivity contribution in [1.29, 1.82) is 0 Å². The summed E-state index contributed by atoms with van der Waals surface area (Å²) in [5.74, 6) is -0.997. The van der Waals surface area contributed by atoms with Crippen LogP contribution >= 0.6 is 0 Å². The monoisotopic (exact) mass is 563 g/mol. The van der Waals surface area contributed by atoms with Crippen LogP contribution in [0.15, 0.2) is 6.07 Å². The quantitative estimate of drug-likeness (QED) is 0.256. The first-order chi connectivity index (χ1) is 16.6. The molecule has 4 N–H and O–H groups in total. The Kier molecular flexibility index (Phi) is 13.1. The second-order valence-corrected chi connectivity index (χ2v) is 9.62. The maximum Gasteiger partial charge on any atom is 2.00 e. The number of carbonyl (C=O) groups excluding carboxylic acids is 2. The molecule has 0 spiro atoms. The molecule has 2 bridgehead atoms. The minimum Gasteiger partial charge on any atom is -1.00 e. The van der Waals surface area contributed by atoms with Crippen molar-refractivity contribution >= 4 is 11.9 Å². The number of carbonyl (C=O) groups is 2. The average Bonchev–Trinajstić information content (AvgIpc) is 2.88. The first kappa shape index (κ1) is 31.0. The van der Waals surface area contributed by atoms with Crippen molar-refractivity contribution in [1.82, 2.24) is 26.3 Å². The van der Waals surface area contributed by atoms with Gasteiger partial charge in [0.15, 0.2) is 0 Å². The van der Waals surface area contributed by atoms with E-state index in [1.54, 1.807) is 6.07 Å². The molecule has 0 unspecified atom stereocenters. The fourth-order valence-electron chi connectivity index (χ4n) is 5.65. The SMILES string of the molecule is COC(=O)c1cc(C(=O)OC)c2nc1CN[C@@H]1CCCC[C@H]1NCCN[C@@H]1CCCC[C@H]1NC2.[Cl-].[Mn+2]. The normalized spacial score (nSPS) is 26.8. The van der Waals surface area contributed by atoms with Crippen LogP contribution in [0.3, 0.4) is 0 Å². The number of fused-ring (bicyclic) bond motifs is 4. The second kappa shape index (κ2) is 15.2. The molecule has 1 aromatic rings. The molecule has 1 aromatic heterocycles. The molecule has 2 heterocycles. The predicted octanol–water partition coefficient (Wildman–Crippen LogP) is -1.35. The molecule has 1 aliphatic heterocycles. The van der Waals surface area contributed by atoms with Crippen molar-refractivity contribution in [2.45, 2.75) is 88.6 Å². The minimum absolute atomic E-state index is 0. The van der Waals surface area contributed by atoms with Crippen LogP contribution in [-0.4, -0.2) is 68.4 Å². The van der Waals surface area contributed by atoms with E-state index >= 15 is 0 Å². The Labute approximate surface area is 230 Å². The van der Waals surface area contributed by atoms with Gasteiger partial charge in [-0.1, -0.05) is 25.7 Å².